The highest BCUT2D eigenvalue weighted by atomic mass is 19.4. The van der Waals surface area contributed by atoms with Crippen LogP contribution in [0.25, 0.3) is 0 Å². The molecule has 0 saturated heterocycles. The van der Waals surface area contributed by atoms with E-state index in [1.807, 2.05) is 0 Å². The van der Waals surface area contributed by atoms with Crippen LogP contribution in [0.15, 0.2) is 35.1 Å². The van der Waals surface area contributed by atoms with Gasteiger partial charge in [-0.25, -0.2) is 0 Å². The number of halogens is 3. The summed E-state index contributed by atoms with van der Waals surface area (Å²) < 4.78 is 42.1. The SMILES string of the molecule is Nc1ccc(C(F)(F)F)cc1C(=O)Nc1ccon1. The van der Waals surface area contributed by atoms with Crippen LogP contribution in [0.5, 0.6) is 0 Å². The van der Waals surface area contributed by atoms with Crippen molar-refractivity contribution in [1.29, 1.82) is 0 Å². The van der Waals surface area contributed by atoms with Crippen molar-refractivity contribution in [2.45, 2.75) is 6.18 Å². The molecule has 2 rings (SSSR count). The highest BCUT2D eigenvalue weighted by Crippen LogP contribution is 2.31. The van der Waals surface area contributed by atoms with Crippen molar-refractivity contribution < 1.29 is 22.5 Å². The third-order valence-corrected chi connectivity index (χ3v) is 2.30. The molecule has 0 aliphatic rings. The van der Waals surface area contributed by atoms with E-state index in [-0.39, 0.29) is 17.1 Å². The second kappa shape index (κ2) is 4.63. The Morgan fingerprint density at radius 1 is 1.32 bits per heavy atom. The molecule has 1 aromatic heterocycles. The molecule has 0 atom stereocenters. The number of carbonyl (C=O) groups is 1. The minimum Gasteiger partial charge on any atom is -0.398 e. The van der Waals surface area contributed by atoms with Crippen molar-refractivity contribution in [3.05, 3.63) is 41.7 Å². The summed E-state index contributed by atoms with van der Waals surface area (Å²) in [5.74, 6) is -0.709. The van der Waals surface area contributed by atoms with Gasteiger partial charge in [0, 0.05) is 11.8 Å². The Balaban J connectivity index is 2.31. The standard InChI is InChI=1S/C11H8F3N3O2/c12-11(13,14)6-1-2-8(15)7(5-6)10(18)16-9-3-4-19-17-9/h1-5H,15H2,(H,16,17,18). The molecule has 0 fully saturated rings. The average Bonchev–Trinajstić information content (AvgIpc) is 2.80. The molecule has 100 valence electrons. The van der Waals surface area contributed by atoms with Crippen molar-refractivity contribution in [2.24, 2.45) is 0 Å². The predicted octanol–water partition coefficient (Wildman–Crippen LogP) is 2.53. The zero-order valence-electron chi connectivity index (χ0n) is 9.36. The summed E-state index contributed by atoms with van der Waals surface area (Å²) in [7, 11) is 0. The van der Waals surface area contributed by atoms with E-state index in [0.717, 1.165) is 12.1 Å². The minimum absolute atomic E-state index is 0.0611. The largest absolute Gasteiger partial charge is 0.416 e. The topological polar surface area (TPSA) is 81.2 Å². The molecule has 5 nitrogen and oxygen atoms in total. The molecule has 8 heteroatoms. The molecule has 3 N–H and O–H groups in total. The van der Waals surface area contributed by atoms with Crippen LogP contribution in [-0.2, 0) is 6.18 Å². The first-order valence-electron chi connectivity index (χ1n) is 5.06. The number of nitrogens with two attached hydrogens (primary N) is 1. The summed E-state index contributed by atoms with van der Waals surface area (Å²) in [5.41, 5.74) is 4.20. The number of anilines is 2. The summed E-state index contributed by atoms with van der Waals surface area (Å²) in [6, 6.07) is 3.87. The Kier molecular flexibility index (Phi) is 3.16. The number of rotatable bonds is 2. The van der Waals surface area contributed by atoms with E-state index < -0.39 is 17.6 Å². The molecule has 19 heavy (non-hydrogen) atoms. The lowest BCUT2D eigenvalue weighted by atomic mass is 10.1. The molecule has 0 unspecified atom stereocenters. The van der Waals surface area contributed by atoms with Gasteiger partial charge in [0.15, 0.2) is 5.82 Å². The zero-order chi connectivity index (χ0) is 14.0. The first-order valence-corrected chi connectivity index (χ1v) is 5.06. The fourth-order valence-corrected chi connectivity index (χ4v) is 1.39. The van der Waals surface area contributed by atoms with Crippen molar-refractivity contribution in [1.82, 2.24) is 5.16 Å². The van der Waals surface area contributed by atoms with Gasteiger partial charge in [0.25, 0.3) is 5.91 Å². The van der Waals surface area contributed by atoms with Crippen LogP contribution in [-0.4, -0.2) is 11.1 Å². The highest BCUT2D eigenvalue weighted by molar-refractivity contribution is 6.07. The second-order valence-electron chi connectivity index (χ2n) is 3.64. The van der Waals surface area contributed by atoms with Crippen LogP contribution in [0, 0.1) is 0 Å². The van der Waals surface area contributed by atoms with Crippen LogP contribution in [0.4, 0.5) is 24.7 Å². The van der Waals surface area contributed by atoms with Gasteiger partial charge in [-0.1, -0.05) is 5.16 Å². The monoisotopic (exact) mass is 271 g/mol. The smallest absolute Gasteiger partial charge is 0.398 e. The molecule has 0 spiro atoms. The zero-order valence-corrected chi connectivity index (χ0v) is 9.36. The van der Waals surface area contributed by atoms with Crippen LogP contribution >= 0.6 is 0 Å². The molecular formula is C11H8F3N3O2. The van der Waals surface area contributed by atoms with Gasteiger partial charge in [0.2, 0.25) is 0 Å². The minimum atomic E-state index is -4.55. The Morgan fingerprint density at radius 3 is 2.63 bits per heavy atom. The van der Waals surface area contributed by atoms with E-state index in [0.29, 0.717) is 6.07 Å². The molecule has 1 amide bonds. The predicted molar refractivity (Wildman–Crippen MR) is 60.3 cm³/mol. The lowest BCUT2D eigenvalue weighted by Crippen LogP contribution is -2.16. The molecule has 0 radical (unpaired) electrons. The van der Waals surface area contributed by atoms with Crippen LogP contribution in [0.3, 0.4) is 0 Å². The maximum Gasteiger partial charge on any atom is 0.416 e. The number of alkyl halides is 3. The van der Waals surface area contributed by atoms with Gasteiger partial charge in [-0.2, -0.15) is 13.2 Å². The highest BCUT2D eigenvalue weighted by Gasteiger charge is 2.31. The maximum atomic E-state index is 12.5. The molecule has 2 aromatic rings. The summed E-state index contributed by atoms with van der Waals surface area (Å²) in [5, 5.41) is 5.68. The van der Waals surface area contributed by atoms with Gasteiger partial charge in [0.1, 0.15) is 6.26 Å². The Hall–Kier alpha value is -2.51. The van der Waals surface area contributed by atoms with E-state index in [1.54, 1.807) is 0 Å². The Labute approximate surface area is 105 Å². The number of hydrogen-bond acceptors (Lipinski definition) is 4. The number of nitrogens with zero attached hydrogens (tertiary/aromatic N) is 1. The third-order valence-electron chi connectivity index (χ3n) is 2.30. The van der Waals surface area contributed by atoms with Crippen molar-refractivity contribution in [3.63, 3.8) is 0 Å². The Morgan fingerprint density at radius 2 is 2.05 bits per heavy atom. The second-order valence-corrected chi connectivity index (χ2v) is 3.64. The summed E-state index contributed by atoms with van der Waals surface area (Å²) in [4.78, 5) is 11.8. The molecule has 0 saturated carbocycles. The van der Waals surface area contributed by atoms with Gasteiger partial charge in [-0.05, 0) is 18.2 Å². The van der Waals surface area contributed by atoms with Crippen LogP contribution in [0.2, 0.25) is 0 Å². The van der Waals surface area contributed by atoms with Crippen molar-refractivity contribution >= 4 is 17.4 Å². The normalized spacial score (nSPS) is 11.3. The fourth-order valence-electron chi connectivity index (χ4n) is 1.39. The first kappa shape index (κ1) is 12.9. The maximum absolute atomic E-state index is 12.5. The number of benzene rings is 1. The number of aromatic nitrogens is 1. The first-order chi connectivity index (χ1) is 8.88. The number of nitrogen functional groups attached to an aromatic ring is 1. The molecule has 0 bridgehead atoms. The van der Waals surface area contributed by atoms with Gasteiger partial charge < -0.3 is 15.6 Å². The molecule has 1 aromatic carbocycles. The van der Waals surface area contributed by atoms with Crippen LogP contribution < -0.4 is 11.1 Å². The summed E-state index contributed by atoms with van der Waals surface area (Å²) in [6.07, 6.45) is -3.33. The lowest BCUT2D eigenvalue weighted by Gasteiger charge is -2.10. The van der Waals surface area contributed by atoms with Gasteiger partial charge in [0.05, 0.1) is 11.1 Å². The van der Waals surface area contributed by atoms with E-state index in [9.17, 15) is 18.0 Å². The van der Waals surface area contributed by atoms with Crippen LogP contribution in [0.1, 0.15) is 15.9 Å². The van der Waals surface area contributed by atoms with Crippen molar-refractivity contribution in [3.8, 4) is 0 Å². The van der Waals surface area contributed by atoms with E-state index in [2.05, 4.69) is 15.0 Å². The molecule has 0 aliphatic carbocycles. The third kappa shape index (κ3) is 2.84. The molecule has 1 heterocycles. The van der Waals surface area contributed by atoms with Crippen molar-refractivity contribution in [2.75, 3.05) is 11.1 Å². The van der Waals surface area contributed by atoms with Gasteiger partial charge in [-0.3, -0.25) is 4.79 Å². The number of carbonyl (C=O) groups excluding carboxylic acids is 1. The van der Waals surface area contributed by atoms with E-state index >= 15 is 0 Å². The van der Waals surface area contributed by atoms with Gasteiger partial charge >= 0.3 is 6.18 Å². The quantitative estimate of drug-likeness (QED) is 0.822. The van der Waals surface area contributed by atoms with E-state index in [1.165, 1.54) is 12.3 Å². The fraction of sp³-hybridized carbons (Fsp3) is 0.0909. The average molecular weight is 271 g/mol. The Bertz CT molecular complexity index is 594. The lowest BCUT2D eigenvalue weighted by molar-refractivity contribution is -0.137. The summed E-state index contributed by atoms with van der Waals surface area (Å²) in [6.45, 7) is 0. The van der Waals surface area contributed by atoms with E-state index in [4.69, 9.17) is 5.73 Å². The van der Waals surface area contributed by atoms with Gasteiger partial charge in [-0.15, -0.1) is 0 Å². The molecular weight excluding hydrogens is 263 g/mol. The molecule has 0 aliphatic heterocycles. The summed E-state index contributed by atoms with van der Waals surface area (Å²) >= 11 is 0. The number of amides is 1. The number of nitrogens with one attached hydrogen (secondary N) is 1. The number of hydrogen-bond donors (Lipinski definition) is 2.